The van der Waals surface area contributed by atoms with Crippen LogP contribution in [0.2, 0.25) is 0 Å². The van der Waals surface area contributed by atoms with Gasteiger partial charge in [0, 0.05) is 55.9 Å². The normalized spacial score (nSPS) is 12.6. The average molecular weight is 478 g/mol. The van der Waals surface area contributed by atoms with Gasteiger partial charge in [0.05, 0.1) is 12.0 Å². The van der Waals surface area contributed by atoms with Gasteiger partial charge in [0.25, 0.3) is 0 Å². The lowest BCUT2D eigenvalue weighted by atomic mass is 10.2. The van der Waals surface area contributed by atoms with Gasteiger partial charge in [-0.3, -0.25) is 10.3 Å². The molecule has 0 aromatic carbocycles. The zero-order chi connectivity index (χ0) is 23.5. The molecule has 1 aliphatic rings. The van der Waals surface area contributed by atoms with Gasteiger partial charge in [0.1, 0.15) is 16.5 Å². The molecule has 11 nitrogen and oxygen atoms in total. The Balaban J connectivity index is 1.42. The number of hydrogen-bond donors (Lipinski definition) is 4. The fourth-order valence-corrected chi connectivity index (χ4v) is 4.66. The van der Waals surface area contributed by atoms with E-state index in [1.165, 1.54) is 0 Å². The molecule has 34 heavy (non-hydrogen) atoms. The zero-order valence-corrected chi connectivity index (χ0v) is 19.3. The van der Waals surface area contributed by atoms with Crippen LogP contribution in [0, 0.1) is 6.92 Å². The summed E-state index contributed by atoms with van der Waals surface area (Å²) >= 11 is 1.07. The quantitative estimate of drug-likeness (QED) is 0.284. The number of carbonyl (C=O) groups is 1. The van der Waals surface area contributed by atoms with Crippen molar-refractivity contribution in [3.8, 4) is 0 Å². The van der Waals surface area contributed by atoms with Gasteiger partial charge in [-0.15, -0.1) is 0 Å². The molecule has 4 N–H and O–H groups in total. The highest BCUT2D eigenvalue weighted by molar-refractivity contribution is 7.17. The Bertz CT molecular complexity index is 1290. The van der Waals surface area contributed by atoms with Crippen LogP contribution in [0.5, 0.6) is 0 Å². The summed E-state index contributed by atoms with van der Waals surface area (Å²) in [5.74, 6) is 0.970. The van der Waals surface area contributed by atoms with E-state index in [1.807, 2.05) is 18.3 Å². The number of fused-ring (bicyclic) bond motifs is 1. The lowest BCUT2D eigenvalue weighted by Gasteiger charge is -2.19. The largest absolute Gasteiger partial charge is 0.477 e. The molecule has 4 aromatic rings. The van der Waals surface area contributed by atoms with Gasteiger partial charge in [0.2, 0.25) is 5.95 Å². The van der Waals surface area contributed by atoms with Gasteiger partial charge >= 0.3 is 5.97 Å². The average Bonchev–Trinajstić information content (AvgIpc) is 3.56. The monoisotopic (exact) mass is 477 g/mol. The molecule has 12 heteroatoms. The van der Waals surface area contributed by atoms with E-state index in [0.717, 1.165) is 59.2 Å². The second-order valence-electron chi connectivity index (χ2n) is 7.85. The van der Waals surface area contributed by atoms with Gasteiger partial charge in [-0.25, -0.2) is 14.8 Å². The number of imidazole rings is 1. The van der Waals surface area contributed by atoms with Crippen molar-refractivity contribution >= 4 is 40.0 Å². The number of aryl methyl sites for hydroxylation is 1. The number of pyridine rings is 1. The van der Waals surface area contributed by atoms with Crippen molar-refractivity contribution in [2.75, 3.05) is 28.6 Å². The Morgan fingerprint density at radius 1 is 1.26 bits per heavy atom. The summed E-state index contributed by atoms with van der Waals surface area (Å²) in [7, 11) is 0. The summed E-state index contributed by atoms with van der Waals surface area (Å²) in [4.78, 5) is 39.0. The number of aromatic amines is 1. The first-order chi connectivity index (χ1) is 16.6. The number of nitrogens with one attached hydrogen (secondary N) is 3. The molecule has 0 saturated carbocycles. The van der Waals surface area contributed by atoms with Crippen LogP contribution in [-0.2, 0) is 19.4 Å². The van der Waals surface area contributed by atoms with E-state index < -0.39 is 5.97 Å². The predicted molar refractivity (Wildman–Crippen MR) is 129 cm³/mol. The maximum Gasteiger partial charge on any atom is 0.347 e. The highest BCUT2D eigenvalue weighted by Gasteiger charge is 2.26. The van der Waals surface area contributed by atoms with Crippen molar-refractivity contribution in [1.29, 1.82) is 0 Å². The fraction of sp³-hybridized carbons (Fsp3) is 0.273. The fourth-order valence-electron chi connectivity index (χ4n) is 3.87. The van der Waals surface area contributed by atoms with Crippen molar-refractivity contribution in [2.24, 2.45) is 0 Å². The topological polar surface area (TPSA) is 145 Å². The van der Waals surface area contributed by atoms with Crippen LogP contribution in [-0.4, -0.2) is 54.1 Å². The highest BCUT2D eigenvalue weighted by Crippen LogP contribution is 2.34. The third kappa shape index (κ3) is 4.66. The maximum atomic E-state index is 11.4. The summed E-state index contributed by atoms with van der Waals surface area (Å²) in [5, 5.41) is 16.3. The number of rotatable bonds is 9. The van der Waals surface area contributed by atoms with Crippen LogP contribution in [0.25, 0.3) is 0 Å². The second-order valence-corrected chi connectivity index (χ2v) is 8.85. The minimum Gasteiger partial charge on any atom is -0.477 e. The van der Waals surface area contributed by atoms with Crippen LogP contribution in [0.15, 0.2) is 37.1 Å². The van der Waals surface area contributed by atoms with E-state index in [4.69, 9.17) is 9.97 Å². The molecule has 0 fully saturated rings. The van der Waals surface area contributed by atoms with Crippen molar-refractivity contribution in [3.63, 3.8) is 0 Å². The molecular formula is C22H23N9O2S. The van der Waals surface area contributed by atoms with Crippen LogP contribution < -0.4 is 15.5 Å². The third-order valence-corrected chi connectivity index (χ3v) is 6.52. The molecule has 0 atom stereocenters. The van der Waals surface area contributed by atoms with E-state index in [9.17, 15) is 9.90 Å². The molecular weight excluding hydrogens is 454 g/mol. The first-order valence-electron chi connectivity index (χ1n) is 10.8. The predicted octanol–water partition coefficient (Wildman–Crippen LogP) is 3.02. The van der Waals surface area contributed by atoms with Crippen molar-refractivity contribution in [1.82, 2.24) is 29.9 Å². The number of anilines is 4. The number of hydrogen-bond acceptors (Lipinski definition) is 10. The third-order valence-electron chi connectivity index (χ3n) is 5.46. The van der Waals surface area contributed by atoms with E-state index in [1.54, 1.807) is 25.6 Å². The van der Waals surface area contributed by atoms with Crippen molar-refractivity contribution < 1.29 is 9.90 Å². The number of carboxylic acids is 1. The van der Waals surface area contributed by atoms with Gasteiger partial charge in [-0.05, 0) is 25.0 Å². The summed E-state index contributed by atoms with van der Waals surface area (Å²) < 4.78 is 0. The minimum atomic E-state index is -0.998. The first-order valence-corrected chi connectivity index (χ1v) is 11.6. The molecule has 0 radical (unpaired) electrons. The van der Waals surface area contributed by atoms with Gasteiger partial charge in [-0.2, -0.15) is 9.97 Å². The van der Waals surface area contributed by atoms with Crippen LogP contribution in [0.1, 0.15) is 32.2 Å². The van der Waals surface area contributed by atoms with Crippen LogP contribution >= 0.6 is 11.3 Å². The molecule has 0 unspecified atom stereocenters. The SMILES string of the molecule is Cc1nc(Nc2nc(NCCc3cnc[nH]3)c3c(n2)N(Cc2cccnc2)CC3)sc1C(=O)O. The lowest BCUT2D eigenvalue weighted by Crippen LogP contribution is -2.21. The summed E-state index contributed by atoms with van der Waals surface area (Å²) in [5.41, 5.74) is 3.64. The molecule has 4 aromatic heterocycles. The standard InChI is InChI=1S/C22H23N9O2S/c1-13-17(20(32)33)34-22(27-13)30-21-28-18(25-7-4-15-10-24-12-26-15)16-5-8-31(19(16)29-21)11-14-3-2-6-23-9-14/h2-3,6,9-10,12H,4-5,7-8,11H2,1H3,(H,24,26)(H,32,33)(H2,25,27,28,29,30). The highest BCUT2D eigenvalue weighted by atomic mass is 32.1. The lowest BCUT2D eigenvalue weighted by molar-refractivity contribution is 0.0701. The van der Waals surface area contributed by atoms with E-state index in [-0.39, 0.29) is 4.88 Å². The number of aromatic nitrogens is 6. The zero-order valence-electron chi connectivity index (χ0n) is 18.4. The summed E-state index contributed by atoms with van der Waals surface area (Å²) in [6.07, 6.45) is 8.68. The molecule has 1 aliphatic heterocycles. The number of H-pyrrole nitrogens is 1. The van der Waals surface area contributed by atoms with Gasteiger partial charge < -0.3 is 20.3 Å². The number of thiazole rings is 1. The number of nitrogens with zero attached hydrogens (tertiary/aromatic N) is 6. The van der Waals surface area contributed by atoms with Crippen LogP contribution in [0.4, 0.5) is 22.7 Å². The Hall–Kier alpha value is -4.06. The molecule has 0 bridgehead atoms. The molecule has 0 amide bonds. The Morgan fingerprint density at radius 2 is 2.18 bits per heavy atom. The molecule has 5 rings (SSSR count). The molecule has 0 aliphatic carbocycles. The van der Waals surface area contributed by atoms with E-state index >= 15 is 0 Å². The summed E-state index contributed by atoms with van der Waals surface area (Å²) in [6.45, 7) is 3.85. The molecule has 5 heterocycles. The molecule has 0 saturated heterocycles. The molecule has 174 valence electrons. The second kappa shape index (κ2) is 9.43. The smallest absolute Gasteiger partial charge is 0.347 e. The summed E-state index contributed by atoms with van der Waals surface area (Å²) in [6, 6.07) is 3.97. The minimum absolute atomic E-state index is 0.194. The Morgan fingerprint density at radius 3 is 2.91 bits per heavy atom. The number of aromatic carboxylic acids is 1. The van der Waals surface area contributed by atoms with Gasteiger partial charge in [0.15, 0.2) is 5.13 Å². The molecule has 0 spiro atoms. The maximum absolute atomic E-state index is 11.4. The van der Waals surface area contributed by atoms with Crippen molar-refractivity contribution in [2.45, 2.75) is 26.3 Å². The van der Waals surface area contributed by atoms with Crippen LogP contribution in [0.3, 0.4) is 0 Å². The number of carboxylic acid groups (broad SMARTS) is 1. The Kier molecular flexibility index (Phi) is 6.04. The van der Waals surface area contributed by atoms with E-state index in [0.29, 0.717) is 29.9 Å². The van der Waals surface area contributed by atoms with E-state index in [2.05, 4.69) is 35.5 Å². The Labute approximate surface area is 199 Å². The van der Waals surface area contributed by atoms with Gasteiger partial charge in [-0.1, -0.05) is 17.4 Å². The first kappa shape index (κ1) is 21.8. The van der Waals surface area contributed by atoms with Crippen molar-refractivity contribution in [3.05, 3.63) is 64.4 Å².